The first-order chi connectivity index (χ1) is 9.13. The molecule has 0 spiro atoms. The van der Waals surface area contributed by atoms with Crippen LogP contribution in [0.25, 0.3) is 6.08 Å². The average Bonchev–Trinajstić information content (AvgIpc) is 2.84. The van der Waals surface area contributed by atoms with Crippen molar-refractivity contribution in [3.8, 4) is 11.5 Å². The second-order valence-electron chi connectivity index (χ2n) is 3.92. The number of fused-ring (bicyclic) bond motifs is 1. The molecule has 19 heavy (non-hydrogen) atoms. The highest BCUT2D eigenvalue weighted by atomic mass is 16.7. The van der Waals surface area contributed by atoms with Crippen molar-refractivity contribution in [1.29, 1.82) is 0 Å². The maximum atomic E-state index is 11.7. The van der Waals surface area contributed by atoms with Crippen LogP contribution in [0.15, 0.2) is 23.8 Å². The molecule has 0 saturated heterocycles. The Morgan fingerprint density at radius 3 is 2.84 bits per heavy atom. The van der Waals surface area contributed by atoms with E-state index in [1.165, 1.54) is 13.0 Å². The van der Waals surface area contributed by atoms with Crippen molar-refractivity contribution >= 4 is 17.8 Å². The number of ketones is 1. The number of para-hydroxylation sites is 1. The molecular weight excluding hydrogens is 248 g/mol. The van der Waals surface area contributed by atoms with Gasteiger partial charge in [-0.3, -0.25) is 4.79 Å². The SMILES string of the molecule is CCOC(=O)/C(=C\c1cccc2c1OCO2)C(C)=O. The topological polar surface area (TPSA) is 61.8 Å². The smallest absolute Gasteiger partial charge is 0.341 e. The van der Waals surface area contributed by atoms with Crippen molar-refractivity contribution in [2.24, 2.45) is 0 Å². The van der Waals surface area contributed by atoms with E-state index in [2.05, 4.69) is 0 Å². The van der Waals surface area contributed by atoms with E-state index in [9.17, 15) is 9.59 Å². The van der Waals surface area contributed by atoms with Crippen LogP contribution in [0.4, 0.5) is 0 Å². The van der Waals surface area contributed by atoms with Crippen LogP contribution in [-0.2, 0) is 14.3 Å². The fourth-order valence-corrected chi connectivity index (χ4v) is 1.74. The number of esters is 1. The molecule has 0 aromatic heterocycles. The van der Waals surface area contributed by atoms with Gasteiger partial charge in [-0.2, -0.15) is 0 Å². The highest BCUT2D eigenvalue weighted by Crippen LogP contribution is 2.36. The summed E-state index contributed by atoms with van der Waals surface area (Å²) in [5.41, 5.74) is 0.610. The summed E-state index contributed by atoms with van der Waals surface area (Å²) in [5.74, 6) is 0.146. The van der Waals surface area contributed by atoms with Gasteiger partial charge < -0.3 is 14.2 Å². The zero-order valence-corrected chi connectivity index (χ0v) is 10.8. The normalized spacial score (nSPS) is 13.3. The molecule has 0 saturated carbocycles. The number of benzene rings is 1. The lowest BCUT2D eigenvalue weighted by molar-refractivity contribution is -0.139. The number of hydrogen-bond acceptors (Lipinski definition) is 5. The molecule has 0 aliphatic carbocycles. The maximum Gasteiger partial charge on any atom is 0.341 e. The van der Waals surface area contributed by atoms with Gasteiger partial charge >= 0.3 is 5.97 Å². The minimum Gasteiger partial charge on any atom is -0.462 e. The molecule has 0 N–H and O–H groups in total. The lowest BCUT2D eigenvalue weighted by atomic mass is 10.1. The molecule has 1 heterocycles. The molecule has 5 nitrogen and oxygen atoms in total. The Morgan fingerprint density at radius 2 is 2.16 bits per heavy atom. The van der Waals surface area contributed by atoms with Crippen molar-refractivity contribution in [2.45, 2.75) is 13.8 Å². The van der Waals surface area contributed by atoms with E-state index < -0.39 is 5.97 Å². The van der Waals surface area contributed by atoms with Gasteiger partial charge in [0.05, 0.1) is 6.61 Å². The van der Waals surface area contributed by atoms with E-state index >= 15 is 0 Å². The molecule has 1 aliphatic rings. The zero-order valence-electron chi connectivity index (χ0n) is 10.8. The van der Waals surface area contributed by atoms with Gasteiger partial charge in [0.25, 0.3) is 0 Å². The largest absolute Gasteiger partial charge is 0.462 e. The van der Waals surface area contributed by atoms with Crippen molar-refractivity contribution in [1.82, 2.24) is 0 Å². The molecule has 0 amide bonds. The van der Waals surface area contributed by atoms with Gasteiger partial charge in [-0.25, -0.2) is 4.79 Å². The Morgan fingerprint density at radius 1 is 1.37 bits per heavy atom. The van der Waals surface area contributed by atoms with Crippen molar-refractivity contribution < 1.29 is 23.8 Å². The minimum atomic E-state index is -0.633. The minimum absolute atomic E-state index is 0.00856. The molecule has 0 unspecified atom stereocenters. The highest BCUT2D eigenvalue weighted by molar-refractivity contribution is 6.20. The van der Waals surface area contributed by atoms with Gasteiger partial charge in [0, 0.05) is 5.56 Å². The number of hydrogen-bond donors (Lipinski definition) is 0. The number of rotatable bonds is 4. The molecular formula is C14H14O5. The van der Waals surface area contributed by atoms with Gasteiger partial charge in [0.1, 0.15) is 5.57 Å². The lowest BCUT2D eigenvalue weighted by Gasteiger charge is -2.05. The molecule has 100 valence electrons. The fourth-order valence-electron chi connectivity index (χ4n) is 1.74. The molecule has 1 aromatic rings. The van der Waals surface area contributed by atoms with Crippen LogP contribution >= 0.6 is 0 Å². The summed E-state index contributed by atoms with van der Waals surface area (Å²) in [6.45, 7) is 3.36. The molecule has 0 radical (unpaired) electrons. The van der Waals surface area contributed by atoms with Gasteiger partial charge in [0.2, 0.25) is 6.79 Å². The van der Waals surface area contributed by atoms with Crippen LogP contribution in [0.1, 0.15) is 19.4 Å². The third-order valence-electron chi connectivity index (χ3n) is 2.60. The first-order valence-corrected chi connectivity index (χ1v) is 5.92. The summed E-state index contributed by atoms with van der Waals surface area (Å²) in [4.78, 5) is 23.2. The first-order valence-electron chi connectivity index (χ1n) is 5.92. The van der Waals surface area contributed by atoms with E-state index in [0.717, 1.165) is 0 Å². The van der Waals surface area contributed by atoms with Crippen molar-refractivity contribution in [3.05, 3.63) is 29.3 Å². The van der Waals surface area contributed by atoms with Crippen LogP contribution in [0.5, 0.6) is 11.5 Å². The lowest BCUT2D eigenvalue weighted by Crippen LogP contribution is -2.13. The van der Waals surface area contributed by atoms with E-state index in [-0.39, 0.29) is 24.8 Å². The van der Waals surface area contributed by atoms with Gasteiger partial charge in [0.15, 0.2) is 17.3 Å². The molecule has 0 fully saturated rings. The second-order valence-corrected chi connectivity index (χ2v) is 3.92. The Bertz CT molecular complexity index is 545. The molecule has 5 heteroatoms. The summed E-state index contributed by atoms with van der Waals surface area (Å²) in [6, 6.07) is 5.27. The molecule has 2 rings (SSSR count). The average molecular weight is 262 g/mol. The monoisotopic (exact) mass is 262 g/mol. The highest BCUT2D eigenvalue weighted by Gasteiger charge is 2.20. The Hall–Kier alpha value is -2.30. The summed E-state index contributed by atoms with van der Waals surface area (Å²) in [7, 11) is 0. The Kier molecular flexibility index (Phi) is 3.85. The first kappa shape index (κ1) is 13.1. The number of carbonyl (C=O) groups excluding carboxylic acids is 2. The van der Waals surface area contributed by atoms with E-state index in [1.807, 2.05) is 0 Å². The third kappa shape index (κ3) is 2.76. The van der Waals surface area contributed by atoms with E-state index in [0.29, 0.717) is 17.1 Å². The molecule has 1 aliphatic heterocycles. The molecule has 1 aromatic carbocycles. The van der Waals surface area contributed by atoms with Crippen LogP contribution in [0.2, 0.25) is 0 Å². The zero-order chi connectivity index (χ0) is 13.8. The third-order valence-corrected chi connectivity index (χ3v) is 2.60. The summed E-state index contributed by atoms with van der Waals surface area (Å²) < 4.78 is 15.4. The molecule has 0 atom stereocenters. The van der Waals surface area contributed by atoms with Gasteiger partial charge in [-0.15, -0.1) is 0 Å². The second kappa shape index (κ2) is 5.56. The summed E-state index contributed by atoms with van der Waals surface area (Å²) >= 11 is 0. The summed E-state index contributed by atoms with van der Waals surface area (Å²) in [6.07, 6.45) is 1.47. The standard InChI is InChI=1S/C14H14O5/c1-3-17-14(16)11(9(2)15)7-10-5-4-6-12-13(10)19-8-18-12/h4-7H,3,8H2,1-2H3/b11-7-. The van der Waals surface area contributed by atoms with Crippen molar-refractivity contribution in [3.63, 3.8) is 0 Å². The number of ether oxygens (including phenoxy) is 3. The Labute approximate surface area is 110 Å². The van der Waals surface area contributed by atoms with E-state index in [1.54, 1.807) is 25.1 Å². The van der Waals surface area contributed by atoms with Crippen LogP contribution in [0, 0.1) is 0 Å². The van der Waals surface area contributed by atoms with Crippen molar-refractivity contribution in [2.75, 3.05) is 13.4 Å². The van der Waals surface area contributed by atoms with Gasteiger partial charge in [-0.1, -0.05) is 12.1 Å². The molecule has 0 bridgehead atoms. The predicted octanol–water partition coefficient (Wildman–Crippen LogP) is 1.95. The van der Waals surface area contributed by atoms with Crippen LogP contribution in [0.3, 0.4) is 0 Å². The maximum absolute atomic E-state index is 11.7. The predicted molar refractivity (Wildman–Crippen MR) is 67.9 cm³/mol. The van der Waals surface area contributed by atoms with Gasteiger partial charge in [-0.05, 0) is 26.0 Å². The van der Waals surface area contributed by atoms with Crippen LogP contribution < -0.4 is 9.47 Å². The Balaban J connectivity index is 2.40. The van der Waals surface area contributed by atoms with E-state index in [4.69, 9.17) is 14.2 Å². The van der Waals surface area contributed by atoms with Crippen LogP contribution in [-0.4, -0.2) is 25.2 Å². The summed E-state index contributed by atoms with van der Waals surface area (Å²) in [5, 5.41) is 0. The number of carbonyl (C=O) groups is 2. The number of Topliss-reactive ketones (excluding diaryl/α,β-unsaturated/α-hetero) is 1. The quantitative estimate of drug-likeness (QED) is 0.359. The fraction of sp³-hybridized carbons (Fsp3) is 0.286.